The van der Waals surface area contributed by atoms with Gasteiger partial charge in [0.25, 0.3) is 0 Å². The standard InChI is InChI=1S/C13H23N5O/c14-8-10-2-1-5-18(9-10)13-15-12(16-17-13)11-3-6-19-7-4-11/h10-11H,1-9,14H2,(H,15,16,17). The lowest BCUT2D eigenvalue weighted by molar-refractivity contribution is 0.0836. The number of nitrogens with two attached hydrogens (primary N) is 1. The van der Waals surface area contributed by atoms with Gasteiger partial charge in [-0.1, -0.05) is 0 Å². The monoisotopic (exact) mass is 265 g/mol. The molecule has 3 heterocycles. The number of nitrogens with zero attached hydrogens (tertiary/aromatic N) is 3. The van der Waals surface area contributed by atoms with Crippen LogP contribution in [0.4, 0.5) is 5.95 Å². The normalized spacial score (nSPS) is 25.7. The van der Waals surface area contributed by atoms with Crippen molar-refractivity contribution < 1.29 is 4.74 Å². The van der Waals surface area contributed by atoms with Crippen LogP contribution in [0.15, 0.2) is 0 Å². The first-order valence-corrected chi connectivity index (χ1v) is 7.32. The Morgan fingerprint density at radius 1 is 1.32 bits per heavy atom. The van der Waals surface area contributed by atoms with E-state index in [1.807, 2.05) is 0 Å². The van der Waals surface area contributed by atoms with E-state index in [4.69, 9.17) is 10.5 Å². The lowest BCUT2D eigenvalue weighted by atomic mass is 9.98. The van der Waals surface area contributed by atoms with Crippen molar-refractivity contribution in [2.24, 2.45) is 11.7 Å². The van der Waals surface area contributed by atoms with Crippen molar-refractivity contribution in [1.29, 1.82) is 0 Å². The van der Waals surface area contributed by atoms with Crippen molar-refractivity contribution in [2.75, 3.05) is 37.7 Å². The van der Waals surface area contributed by atoms with Gasteiger partial charge in [-0.05, 0) is 38.1 Å². The zero-order valence-electron chi connectivity index (χ0n) is 11.3. The molecule has 1 atom stereocenters. The van der Waals surface area contributed by atoms with Gasteiger partial charge in [0.2, 0.25) is 5.95 Å². The van der Waals surface area contributed by atoms with Crippen LogP contribution in [-0.4, -0.2) is 48.0 Å². The molecule has 2 saturated heterocycles. The number of aromatic nitrogens is 3. The predicted octanol–water partition coefficient (Wildman–Crippen LogP) is 0.874. The topological polar surface area (TPSA) is 80.1 Å². The van der Waals surface area contributed by atoms with Crippen molar-refractivity contribution in [3.63, 3.8) is 0 Å². The molecule has 19 heavy (non-hydrogen) atoms. The summed E-state index contributed by atoms with van der Waals surface area (Å²) in [5.74, 6) is 2.93. The van der Waals surface area contributed by atoms with Crippen LogP contribution in [0.2, 0.25) is 0 Å². The molecule has 1 unspecified atom stereocenters. The van der Waals surface area contributed by atoms with Gasteiger partial charge in [0, 0.05) is 32.2 Å². The van der Waals surface area contributed by atoms with Crippen molar-refractivity contribution >= 4 is 5.95 Å². The molecule has 0 spiro atoms. The number of piperidine rings is 1. The minimum atomic E-state index is 0.477. The average Bonchev–Trinajstić information content (AvgIpc) is 2.98. The number of H-pyrrole nitrogens is 1. The smallest absolute Gasteiger partial charge is 0.244 e. The molecule has 3 N–H and O–H groups in total. The molecule has 6 nitrogen and oxygen atoms in total. The van der Waals surface area contributed by atoms with Crippen molar-refractivity contribution in [1.82, 2.24) is 15.2 Å². The highest BCUT2D eigenvalue weighted by molar-refractivity contribution is 5.30. The first-order chi connectivity index (χ1) is 9.36. The Morgan fingerprint density at radius 2 is 2.16 bits per heavy atom. The van der Waals surface area contributed by atoms with Crippen LogP contribution in [0.25, 0.3) is 0 Å². The molecular weight excluding hydrogens is 242 g/mol. The Hall–Kier alpha value is -1.14. The van der Waals surface area contributed by atoms with Gasteiger partial charge in [-0.3, -0.25) is 5.10 Å². The maximum absolute atomic E-state index is 5.78. The van der Waals surface area contributed by atoms with Crippen molar-refractivity contribution in [3.05, 3.63) is 5.82 Å². The second-order valence-corrected chi connectivity index (χ2v) is 5.60. The summed E-state index contributed by atoms with van der Waals surface area (Å²) < 4.78 is 5.39. The zero-order chi connectivity index (χ0) is 13.1. The van der Waals surface area contributed by atoms with Gasteiger partial charge in [-0.25, -0.2) is 0 Å². The highest BCUT2D eigenvalue weighted by Crippen LogP contribution is 2.26. The lowest BCUT2D eigenvalue weighted by Crippen LogP contribution is -2.39. The van der Waals surface area contributed by atoms with E-state index in [0.29, 0.717) is 11.8 Å². The van der Waals surface area contributed by atoms with Crippen molar-refractivity contribution in [3.8, 4) is 0 Å². The van der Waals surface area contributed by atoms with Crippen LogP contribution in [0.5, 0.6) is 0 Å². The van der Waals surface area contributed by atoms with E-state index >= 15 is 0 Å². The Kier molecular flexibility index (Phi) is 3.98. The van der Waals surface area contributed by atoms with Crippen LogP contribution >= 0.6 is 0 Å². The Bertz CT molecular complexity index is 401. The quantitative estimate of drug-likeness (QED) is 0.848. The van der Waals surface area contributed by atoms with E-state index in [2.05, 4.69) is 20.1 Å². The number of ether oxygens (including phenoxy) is 1. The summed E-state index contributed by atoms with van der Waals surface area (Å²) in [4.78, 5) is 6.95. The van der Waals surface area contributed by atoms with E-state index in [1.165, 1.54) is 12.8 Å². The van der Waals surface area contributed by atoms with Gasteiger partial charge in [-0.15, -0.1) is 5.10 Å². The van der Waals surface area contributed by atoms with E-state index < -0.39 is 0 Å². The third-order valence-electron chi connectivity index (χ3n) is 4.23. The number of hydrogen-bond donors (Lipinski definition) is 2. The summed E-state index contributed by atoms with van der Waals surface area (Å²) >= 11 is 0. The Labute approximate surface area is 113 Å². The van der Waals surface area contributed by atoms with Crippen LogP contribution < -0.4 is 10.6 Å². The molecule has 3 rings (SSSR count). The zero-order valence-corrected chi connectivity index (χ0v) is 11.3. The first kappa shape index (κ1) is 12.9. The fourth-order valence-electron chi connectivity index (χ4n) is 3.00. The lowest BCUT2D eigenvalue weighted by Gasteiger charge is -2.31. The van der Waals surface area contributed by atoms with Crippen molar-refractivity contribution in [2.45, 2.75) is 31.6 Å². The number of nitrogens with one attached hydrogen (secondary N) is 1. The van der Waals surface area contributed by atoms with Gasteiger partial charge < -0.3 is 15.4 Å². The summed E-state index contributed by atoms with van der Waals surface area (Å²) in [6, 6.07) is 0. The molecule has 1 aromatic heterocycles. The molecule has 0 aromatic carbocycles. The fourth-order valence-corrected chi connectivity index (χ4v) is 3.00. The molecule has 2 fully saturated rings. The first-order valence-electron chi connectivity index (χ1n) is 7.32. The highest BCUT2D eigenvalue weighted by Gasteiger charge is 2.24. The van der Waals surface area contributed by atoms with Gasteiger partial charge in [0.1, 0.15) is 5.82 Å². The summed E-state index contributed by atoms with van der Waals surface area (Å²) in [7, 11) is 0. The van der Waals surface area contributed by atoms with Gasteiger partial charge in [0.05, 0.1) is 0 Å². The molecule has 0 saturated carbocycles. The second kappa shape index (κ2) is 5.88. The third kappa shape index (κ3) is 2.90. The summed E-state index contributed by atoms with van der Waals surface area (Å²) in [5.41, 5.74) is 5.78. The molecule has 0 aliphatic carbocycles. The maximum atomic E-state index is 5.78. The summed E-state index contributed by atoms with van der Waals surface area (Å²) in [6.07, 6.45) is 4.49. The number of hydrogen-bond acceptors (Lipinski definition) is 5. The molecule has 1 aromatic rings. The number of rotatable bonds is 3. The maximum Gasteiger partial charge on any atom is 0.244 e. The Balaban J connectivity index is 1.66. The molecule has 2 aliphatic heterocycles. The molecule has 2 aliphatic rings. The number of aromatic amines is 1. The minimum absolute atomic E-state index is 0.477. The number of anilines is 1. The summed E-state index contributed by atoms with van der Waals surface area (Å²) in [6.45, 7) is 4.45. The SMILES string of the molecule is NCC1CCCN(c2n[nH]c(C3CCOCC3)n2)C1. The molecule has 0 radical (unpaired) electrons. The van der Waals surface area contributed by atoms with Gasteiger partial charge in [0.15, 0.2) is 0 Å². The predicted molar refractivity (Wildman–Crippen MR) is 73.2 cm³/mol. The average molecular weight is 265 g/mol. The molecule has 6 heteroatoms. The molecular formula is C13H23N5O. The molecule has 0 bridgehead atoms. The van der Waals surface area contributed by atoms with Crippen LogP contribution in [0.3, 0.4) is 0 Å². The van der Waals surface area contributed by atoms with Crippen LogP contribution in [0.1, 0.15) is 37.4 Å². The molecule has 106 valence electrons. The van der Waals surface area contributed by atoms with E-state index in [1.54, 1.807) is 0 Å². The minimum Gasteiger partial charge on any atom is -0.381 e. The van der Waals surface area contributed by atoms with Crippen LogP contribution in [-0.2, 0) is 4.74 Å². The summed E-state index contributed by atoms with van der Waals surface area (Å²) in [5, 5.41) is 7.51. The Morgan fingerprint density at radius 3 is 2.95 bits per heavy atom. The fraction of sp³-hybridized carbons (Fsp3) is 0.846. The van der Waals surface area contributed by atoms with E-state index in [9.17, 15) is 0 Å². The van der Waals surface area contributed by atoms with Gasteiger partial charge in [-0.2, -0.15) is 4.98 Å². The van der Waals surface area contributed by atoms with Crippen LogP contribution in [0, 0.1) is 5.92 Å². The third-order valence-corrected chi connectivity index (χ3v) is 4.23. The van der Waals surface area contributed by atoms with E-state index in [0.717, 1.165) is 57.5 Å². The van der Waals surface area contributed by atoms with Gasteiger partial charge >= 0.3 is 0 Å². The molecule has 0 amide bonds. The largest absolute Gasteiger partial charge is 0.381 e. The highest BCUT2D eigenvalue weighted by atomic mass is 16.5. The second-order valence-electron chi connectivity index (χ2n) is 5.60. The van der Waals surface area contributed by atoms with E-state index in [-0.39, 0.29) is 0 Å².